The molecule has 1 aliphatic heterocycles. The molecular weight excluding hydrogens is 392 g/mol. The Kier molecular flexibility index (Phi) is 10.00. The van der Waals surface area contributed by atoms with Gasteiger partial charge in [-0.2, -0.15) is 10.9 Å². The maximum Gasteiger partial charge on any atom is 0.248 e. The Balaban J connectivity index is 2.66. The third-order valence-corrected chi connectivity index (χ3v) is 4.52. The number of carbonyl (C=O) groups is 2. The normalized spacial score (nSPS) is 21.3. The van der Waals surface area contributed by atoms with Crippen molar-refractivity contribution in [2.75, 3.05) is 19.7 Å². The van der Waals surface area contributed by atoms with Crippen LogP contribution in [0.15, 0.2) is 0 Å². The lowest BCUT2D eigenvalue weighted by Gasteiger charge is -2.20. The number of Topliss-reactive ketones (excluding diaryl/α,β-unsaturated/α-hetero) is 1. The molecule has 1 rings (SSSR count). The van der Waals surface area contributed by atoms with E-state index >= 15 is 0 Å². The smallest absolute Gasteiger partial charge is 0.248 e. The summed E-state index contributed by atoms with van der Waals surface area (Å²) in [5.74, 6) is -0.226. The molecule has 30 heavy (non-hydrogen) atoms. The van der Waals surface area contributed by atoms with Crippen LogP contribution in [-0.4, -0.2) is 71.2 Å². The zero-order valence-electron chi connectivity index (χ0n) is 18.5. The highest BCUT2D eigenvalue weighted by Crippen LogP contribution is 2.29. The standard InChI is InChI=1S/C19H36N6O5/c1-13(2)10-15(17(26)19(5)12-30-19)22-25(29)9-7-21-18(27)16(11-14(3)4)23-24(28)8-6-20/h8-9,13-16,22-23H,6-7,10-12,20H2,1-5H3,(H,21,27)/b24-8+,25-9+/t15-,16-,19?/m0/s1. The van der Waals surface area contributed by atoms with Crippen LogP contribution in [-0.2, 0) is 14.3 Å². The molecule has 0 saturated carbocycles. The van der Waals surface area contributed by atoms with Crippen molar-refractivity contribution in [1.82, 2.24) is 16.2 Å². The zero-order valence-corrected chi connectivity index (χ0v) is 18.5. The van der Waals surface area contributed by atoms with Crippen LogP contribution in [0, 0.1) is 22.3 Å². The second-order valence-corrected chi connectivity index (χ2v) is 8.50. The molecule has 1 unspecified atom stereocenters. The number of hydrazone groups is 2. The summed E-state index contributed by atoms with van der Waals surface area (Å²) in [5, 5.41) is 26.4. The largest absolute Gasteiger partial charge is 0.597 e. The van der Waals surface area contributed by atoms with Crippen molar-refractivity contribution in [2.24, 2.45) is 17.6 Å². The SMILES string of the molecule is CC(C)C[C@H](N/[N+]([O-])=C\CN)C(=O)NC/C=[N+](/[O-])N[C@@H](CC(C)C)C(=O)C1(C)CO1. The molecule has 0 bridgehead atoms. The number of hydrogen-bond donors (Lipinski definition) is 4. The molecule has 1 heterocycles. The summed E-state index contributed by atoms with van der Waals surface area (Å²) >= 11 is 0. The average molecular weight is 429 g/mol. The number of ketones is 1. The quantitative estimate of drug-likeness (QED) is 0.0939. The van der Waals surface area contributed by atoms with Crippen LogP contribution in [0.4, 0.5) is 0 Å². The molecule has 11 nitrogen and oxygen atoms in total. The number of hydrogen-bond acceptors (Lipinski definition) is 8. The second kappa shape index (κ2) is 11.7. The summed E-state index contributed by atoms with van der Waals surface area (Å²) < 4.78 is 5.20. The Morgan fingerprint density at radius 2 is 1.57 bits per heavy atom. The van der Waals surface area contributed by atoms with Gasteiger partial charge in [-0.3, -0.25) is 9.59 Å². The first kappa shape index (κ1) is 25.6. The predicted molar refractivity (Wildman–Crippen MR) is 114 cm³/mol. The minimum atomic E-state index is -0.831. The van der Waals surface area contributed by atoms with E-state index in [-0.39, 0.29) is 30.7 Å². The molecule has 0 aromatic carbocycles. The van der Waals surface area contributed by atoms with Crippen LogP contribution in [0.3, 0.4) is 0 Å². The molecule has 0 aromatic rings. The molecule has 0 aromatic heterocycles. The fourth-order valence-corrected chi connectivity index (χ4v) is 2.86. The van der Waals surface area contributed by atoms with Crippen LogP contribution in [0.5, 0.6) is 0 Å². The molecule has 0 radical (unpaired) electrons. The van der Waals surface area contributed by atoms with Gasteiger partial charge in [-0.25, -0.2) is 0 Å². The number of rotatable bonds is 14. The lowest BCUT2D eigenvalue weighted by molar-refractivity contribution is -0.525. The van der Waals surface area contributed by atoms with Gasteiger partial charge in [0, 0.05) is 0 Å². The maximum absolute atomic E-state index is 12.5. The van der Waals surface area contributed by atoms with Gasteiger partial charge in [-0.05, 0) is 31.6 Å². The van der Waals surface area contributed by atoms with E-state index < -0.39 is 23.6 Å². The van der Waals surface area contributed by atoms with Crippen LogP contribution >= 0.6 is 0 Å². The van der Waals surface area contributed by atoms with Crippen molar-refractivity contribution in [3.05, 3.63) is 10.4 Å². The number of nitrogens with two attached hydrogens (primary N) is 1. The molecule has 172 valence electrons. The van der Waals surface area contributed by atoms with E-state index in [1.165, 1.54) is 12.4 Å². The number of amides is 1. The minimum Gasteiger partial charge on any atom is -0.597 e. The van der Waals surface area contributed by atoms with Gasteiger partial charge in [0.15, 0.2) is 18.0 Å². The van der Waals surface area contributed by atoms with E-state index in [0.29, 0.717) is 29.1 Å². The minimum absolute atomic E-state index is 0.0391. The Morgan fingerprint density at radius 3 is 2.07 bits per heavy atom. The van der Waals surface area contributed by atoms with Crippen molar-refractivity contribution < 1.29 is 24.0 Å². The molecule has 11 heteroatoms. The first-order chi connectivity index (χ1) is 14.0. The third kappa shape index (κ3) is 8.95. The highest BCUT2D eigenvalue weighted by atomic mass is 16.6. The Bertz CT molecular complexity index is 645. The van der Waals surface area contributed by atoms with E-state index in [1.807, 2.05) is 27.7 Å². The first-order valence-electron chi connectivity index (χ1n) is 10.3. The van der Waals surface area contributed by atoms with Gasteiger partial charge in [0.05, 0.1) is 19.7 Å². The Hall–Kier alpha value is -2.40. The van der Waals surface area contributed by atoms with Crippen molar-refractivity contribution in [2.45, 2.75) is 65.1 Å². The molecule has 5 N–H and O–H groups in total. The van der Waals surface area contributed by atoms with Crippen molar-refractivity contribution in [3.63, 3.8) is 0 Å². The lowest BCUT2D eigenvalue weighted by Crippen LogP contribution is -2.50. The van der Waals surface area contributed by atoms with E-state index in [1.54, 1.807) is 6.92 Å². The molecule has 1 aliphatic rings. The van der Waals surface area contributed by atoms with Gasteiger partial charge in [0.25, 0.3) is 0 Å². The van der Waals surface area contributed by atoms with E-state index in [0.717, 1.165) is 0 Å². The van der Waals surface area contributed by atoms with Crippen LogP contribution < -0.4 is 21.9 Å². The van der Waals surface area contributed by atoms with Crippen molar-refractivity contribution in [3.8, 4) is 0 Å². The Morgan fingerprint density at radius 1 is 1.07 bits per heavy atom. The summed E-state index contributed by atoms with van der Waals surface area (Å²) in [6.07, 6.45) is 3.26. The van der Waals surface area contributed by atoms with Crippen LogP contribution in [0.2, 0.25) is 0 Å². The molecule has 1 saturated heterocycles. The van der Waals surface area contributed by atoms with Gasteiger partial charge in [-0.1, -0.05) is 37.4 Å². The number of nitrogens with zero attached hydrogens (tertiary/aromatic N) is 2. The molecule has 0 spiro atoms. The average Bonchev–Trinajstić information content (AvgIpc) is 3.38. The second-order valence-electron chi connectivity index (χ2n) is 8.50. The molecule has 0 aliphatic carbocycles. The molecule has 3 atom stereocenters. The fourth-order valence-electron chi connectivity index (χ4n) is 2.86. The predicted octanol–water partition coefficient (Wildman–Crippen LogP) is -0.580. The van der Waals surface area contributed by atoms with Gasteiger partial charge in [0.2, 0.25) is 12.1 Å². The van der Waals surface area contributed by atoms with E-state index in [2.05, 4.69) is 16.2 Å². The number of hydrazine groups is 2. The Labute approximate surface area is 177 Å². The van der Waals surface area contributed by atoms with Gasteiger partial charge < -0.3 is 26.2 Å². The fraction of sp³-hybridized carbons (Fsp3) is 0.789. The van der Waals surface area contributed by atoms with Crippen LogP contribution in [0.25, 0.3) is 0 Å². The van der Waals surface area contributed by atoms with Gasteiger partial charge in [0.1, 0.15) is 11.6 Å². The number of carbonyl (C=O) groups excluding carboxylic acids is 2. The molecule has 1 amide bonds. The third-order valence-electron chi connectivity index (χ3n) is 4.52. The number of ether oxygens (including phenoxy) is 1. The van der Waals surface area contributed by atoms with Crippen LogP contribution in [0.1, 0.15) is 47.5 Å². The first-order valence-corrected chi connectivity index (χ1v) is 10.3. The van der Waals surface area contributed by atoms with Crippen molar-refractivity contribution in [1.29, 1.82) is 0 Å². The van der Waals surface area contributed by atoms with E-state index in [4.69, 9.17) is 10.5 Å². The summed E-state index contributed by atoms with van der Waals surface area (Å²) in [4.78, 5) is 25.8. The zero-order chi connectivity index (χ0) is 22.9. The van der Waals surface area contributed by atoms with E-state index in [9.17, 15) is 20.0 Å². The summed E-state index contributed by atoms with van der Waals surface area (Å²) in [6, 6.07) is -1.45. The summed E-state index contributed by atoms with van der Waals surface area (Å²) in [6.45, 7) is 9.79. The monoisotopic (exact) mass is 428 g/mol. The molecule has 1 fully saturated rings. The molecular formula is C19H36N6O5. The summed E-state index contributed by atoms with van der Waals surface area (Å²) in [7, 11) is 0. The maximum atomic E-state index is 12.5. The highest BCUT2D eigenvalue weighted by molar-refractivity contribution is 5.93. The number of epoxide rings is 1. The number of nitrogens with one attached hydrogen (secondary N) is 3. The van der Waals surface area contributed by atoms with Gasteiger partial charge >= 0.3 is 0 Å². The summed E-state index contributed by atoms with van der Waals surface area (Å²) in [5.41, 5.74) is 9.62. The topological polar surface area (TPSA) is 161 Å². The highest BCUT2D eigenvalue weighted by Gasteiger charge is 2.50. The lowest BCUT2D eigenvalue weighted by atomic mass is 9.94. The van der Waals surface area contributed by atoms with Gasteiger partial charge in [-0.15, -0.1) is 0 Å². The van der Waals surface area contributed by atoms with Crippen molar-refractivity contribution >= 4 is 24.1 Å².